The van der Waals surface area contributed by atoms with Crippen LogP contribution >= 0.6 is 11.6 Å². The molecule has 0 unspecified atom stereocenters. The Hall–Kier alpha value is -2.20. The van der Waals surface area contributed by atoms with Gasteiger partial charge in [-0.25, -0.2) is 0 Å². The van der Waals surface area contributed by atoms with Crippen molar-refractivity contribution in [2.24, 2.45) is 5.73 Å². The Kier molecular flexibility index (Phi) is 4.85. The molecule has 0 fully saturated rings. The van der Waals surface area contributed by atoms with Crippen molar-refractivity contribution >= 4 is 17.4 Å². The van der Waals surface area contributed by atoms with Crippen molar-refractivity contribution in [2.75, 3.05) is 13.2 Å². The van der Waals surface area contributed by atoms with Gasteiger partial charge in [0.15, 0.2) is 0 Å². The van der Waals surface area contributed by atoms with E-state index in [1.165, 1.54) is 0 Å². The van der Waals surface area contributed by atoms with Crippen molar-refractivity contribution in [3.8, 4) is 11.5 Å². The van der Waals surface area contributed by atoms with Crippen LogP contribution in [0.3, 0.4) is 0 Å². The SMILES string of the molecule is N=C(N)c1ccc(OCCOc2ccccc2)cc1Cl. The van der Waals surface area contributed by atoms with Crippen LogP contribution in [-0.4, -0.2) is 19.0 Å². The van der Waals surface area contributed by atoms with Crippen LogP contribution in [0, 0.1) is 5.41 Å². The summed E-state index contributed by atoms with van der Waals surface area (Å²) in [6, 6.07) is 14.6. The van der Waals surface area contributed by atoms with Gasteiger partial charge >= 0.3 is 0 Å². The van der Waals surface area contributed by atoms with Gasteiger partial charge in [0, 0.05) is 5.56 Å². The molecule has 20 heavy (non-hydrogen) atoms. The molecule has 0 amide bonds. The number of nitrogens with one attached hydrogen (secondary N) is 1. The monoisotopic (exact) mass is 290 g/mol. The lowest BCUT2D eigenvalue weighted by molar-refractivity contribution is 0.217. The average Bonchev–Trinajstić information content (AvgIpc) is 2.44. The first-order chi connectivity index (χ1) is 9.66. The number of ether oxygens (including phenoxy) is 2. The smallest absolute Gasteiger partial charge is 0.124 e. The normalized spacial score (nSPS) is 10.1. The maximum absolute atomic E-state index is 7.34. The number of halogens is 1. The van der Waals surface area contributed by atoms with Gasteiger partial charge in [0.25, 0.3) is 0 Å². The van der Waals surface area contributed by atoms with Gasteiger partial charge < -0.3 is 15.2 Å². The Morgan fingerprint density at radius 1 is 1.00 bits per heavy atom. The lowest BCUT2D eigenvalue weighted by atomic mass is 10.2. The van der Waals surface area contributed by atoms with Crippen LogP contribution in [0.4, 0.5) is 0 Å². The van der Waals surface area contributed by atoms with Crippen LogP contribution in [0.25, 0.3) is 0 Å². The third kappa shape index (κ3) is 3.90. The molecule has 3 N–H and O–H groups in total. The highest BCUT2D eigenvalue weighted by molar-refractivity contribution is 6.34. The van der Waals surface area contributed by atoms with E-state index in [-0.39, 0.29) is 5.84 Å². The third-order valence-electron chi connectivity index (χ3n) is 2.59. The lowest BCUT2D eigenvalue weighted by Gasteiger charge is -2.09. The van der Waals surface area contributed by atoms with Crippen LogP contribution in [0.1, 0.15) is 5.56 Å². The Morgan fingerprint density at radius 2 is 1.65 bits per heavy atom. The lowest BCUT2D eigenvalue weighted by Crippen LogP contribution is -2.12. The Bertz CT molecular complexity index is 588. The number of benzene rings is 2. The summed E-state index contributed by atoms with van der Waals surface area (Å²) in [6.45, 7) is 0.848. The maximum Gasteiger partial charge on any atom is 0.124 e. The second-order valence-electron chi connectivity index (χ2n) is 4.07. The van der Waals surface area contributed by atoms with Gasteiger partial charge in [0.05, 0.1) is 5.02 Å². The van der Waals surface area contributed by atoms with E-state index in [1.54, 1.807) is 18.2 Å². The minimum Gasteiger partial charge on any atom is -0.490 e. The number of para-hydroxylation sites is 1. The largest absolute Gasteiger partial charge is 0.490 e. The Balaban J connectivity index is 1.83. The summed E-state index contributed by atoms with van der Waals surface area (Å²) in [7, 11) is 0. The zero-order chi connectivity index (χ0) is 14.4. The van der Waals surface area contributed by atoms with Crippen molar-refractivity contribution in [3.63, 3.8) is 0 Å². The molecule has 2 rings (SSSR count). The number of rotatable bonds is 6. The first-order valence-corrected chi connectivity index (χ1v) is 6.49. The highest BCUT2D eigenvalue weighted by atomic mass is 35.5. The van der Waals surface area contributed by atoms with Crippen molar-refractivity contribution < 1.29 is 9.47 Å². The van der Waals surface area contributed by atoms with Crippen LogP contribution in [-0.2, 0) is 0 Å². The summed E-state index contributed by atoms with van der Waals surface area (Å²) in [4.78, 5) is 0. The molecule has 4 nitrogen and oxygen atoms in total. The molecule has 2 aromatic rings. The molecule has 104 valence electrons. The van der Waals surface area contributed by atoms with E-state index in [2.05, 4.69) is 0 Å². The highest BCUT2D eigenvalue weighted by Gasteiger charge is 2.05. The minimum atomic E-state index is -0.0611. The van der Waals surface area contributed by atoms with Gasteiger partial charge in [-0.05, 0) is 30.3 Å². The van der Waals surface area contributed by atoms with E-state index in [1.807, 2.05) is 30.3 Å². The molecule has 5 heteroatoms. The third-order valence-corrected chi connectivity index (χ3v) is 2.91. The van der Waals surface area contributed by atoms with Crippen LogP contribution in [0.5, 0.6) is 11.5 Å². The number of hydrogen-bond donors (Lipinski definition) is 2. The fourth-order valence-electron chi connectivity index (χ4n) is 1.64. The average molecular weight is 291 g/mol. The van der Waals surface area contributed by atoms with Crippen LogP contribution in [0.2, 0.25) is 5.02 Å². The van der Waals surface area contributed by atoms with Gasteiger partial charge in [0.1, 0.15) is 30.5 Å². The van der Waals surface area contributed by atoms with Crippen LogP contribution in [0.15, 0.2) is 48.5 Å². The fourth-order valence-corrected chi connectivity index (χ4v) is 1.91. The first kappa shape index (κ1) is 14.2. The van der Waals surface area contributed by atoms with Crippen molar-refractivity contribution in [3.05, 3.63) is 59.1 Å². The molecule has 0 aliphatic carbocycles. The summed E-state index contributed by atoms with van der Waals surface area (Å²) >= 11 is 6.00. The Morgan fingerprint density at radius 3 is 2.25 bits per heavy atom. The summed E-state index contributed by atoms with van der Waals surface area (Å²) in [5.74, 6) is 1.37. The summed E-state index contributed by atoms with van der Waals surface area (Å²) in [6.07, 6.45) is 0. The fraction of sp³-hybridized carbons (Fsp3) is 0.133. The van der Waals surface area contributed by atoms with E-state index in [0.29, 0.717) is 29.5 Å². The molecular formula is C15H15ClN2O2. The topological polar surface area (TPSA) is 68.3 Å². The quantitative estimate of drug-likeness (QED) is 0.488. The second-order valence-corrected chi connectivity index (χ2v) is 4.47. The predicted molar refractivity (Wildman–Crippen MR) is 79.9 cm³/mol. The minimum absolute atomic E-state index is 0.0611. The highest BCUT2D eigenvalue weighted by Crippen LogP contribution is 2.22. The van der Waals surface area contributed by atoms with Crippen molar-refractivity contribution in [1.82, 2.24) is 0 Å². The maximum atomic E-state index is 7.34. The van der Waals surface area contributed by atoms with Crippen molar-refractivity contribution in [2.45, 2.75) is 0 Å². The predicted octanol–water partition coefficient (Wildman–Crippen LogP) is 3.08. The molecule has 0 radical (unpaired) electrons. The van der Waals surface area contributed by atoms with Gasteiger partial charge in [-0.2, -0.15) is 0 Å². The number of hydrogen-bond acceptors (Lipinski definition) is 3. The van der Waals surface area contributed by atoms with E-state index in [9.17, 15) is 0 Å². The van der Waals surface area contributed by atoms with E-state index in [0.717, 1.165) is 5.75 Å². The summed E-state index contributed by atoms with van der Waals surface area (Å²) < 4.78 is 11.0. The number of nitrogen functional groups attached to an aromatic ring is 1. The van der Waals surface area contributed by atoms with Gasteiger partial charge in [-0.3, -0.25) is 5.41 Å². The van der Waals surface area contributed by atoms with E-state index >= 15 is 0 Å². The second kappa shape index (κ2) is 6.82. The molecular weight excluding hydrogens is 276 g/mol. The van der Waals surface area contributed by atoms with Gasteiger partial charge in [-0.1, -0.05) is 29.8 Å². The molecule has 2 aromatic carbocycles. The molecule has 0 aromatic heterocycles. The number of nitrogens with two attached hydrogens (primary N) is 1. The molecule has 0 atom stereocenters. The molecule has 0 saturated heterocycles. The molecule has 0 bridgehead atoms. The molecule has 0 aliphatic rings. The zero-order valence-corrected chi connectivity index (χ0v) is 11.6. The number of amidine groups is 1. The molecule has 0 saturated carbocycles. The Labute approximate surface area is 122 Å². The molecule has 0 aliphatic heterocycles. The van der Waals surface area contributed by atoms with E-state index in [4.69, 9.17) is 32.2 Å². The summed E-state index contributed by atoms with van der Waals surface area (Å²) in [5, 5.41) is 7.74. The van der Waals surface area contributed by atoms with Gasteiger partial charge in [0.2, 0.25) is 0 Å². The van der Waals surface area contributed by atoms with Gasteiger partial charge in [-0.15, -0.1) is 0 Å². The summed E-state index contributed by atoms with van der Waals surface area (Å²) in [5.41, 5.74) is 5.89. The van der Waals surface area contributed by atoms with Crippen LogP contribution < -0.4 is 15.2 Å². The van der Waals surface area contributed by atoms with Crippen molar-refractivity contribution in [1.29, 1.82) is 5.41 Å². The molecule has 0 spiro atoms. The zero-order valence-electron chi connectivity index (χ0n) is 10.8. The standard InChI is InChI=1S/C15H15ClN2O2/c16-14-10-12(6-7-13(14)15(17)18)20-9-8-19-11-4-2-1-3-5-11/h1-7,10H,8-9H2,(H3,17,18). The first-order valence-electron chi connectivity index (χ1n) is 6.11. The van der Waals surface area contributed by atoms with E-state index < -0.39 is 0 Å². The molecule has 0 heterocycles.